The monoisotopic (exact) mass is 489 g/mol. The van der Waals surface area contributed by atoms with E-state index in [4.69, 9.17) is 0 Å². The number of nitrogens with zero attached hydrogens (tertiary/aromatic N) is 2. The molecule has 0 spiro atoms. The van der Waals surface area contributed by atoms with Crippen LogP contribution in [0.4, 0.5) is 9.52 Å². The van der Waals surface area contributed by atoms with Gasteiger partial charge in [0.15, 0.2) is 5.13 Å². The normalized spacial score (nSPS) is 12.0. The maximum absolute atomic E-state index is 13.1. The third-order valence-electron chi connectivity index (χ3n) is 4.76. The molecule has 6 nitrogen and oxygen atoms in total. The van der Waals surface area contributed by atoms with Crippen LogP contribution in [0, 0.1) is 17.7 Å². The Kier molecular flexibility index (Phi) is 7.99. The first-order valence-electron chi connectivity index (χ1n) is 10.7. The molecular formula is C24H28FN3O3S2. The van der Waals surface area contributed by atoms with E-state index in [1.807, 2.05) is 27.7 Å². The summed E-state index contributed by atoms with van der Waals surface area (Å²) in [5, 5.41) is 4.90. The van der Waals surface area contributed by atoms with Crippen molar-refractivity contribution in [2.75, 3.05) is 18.4 Å². The maximum atomic E-state index is 13.1. The minimum Gasteiger partial charge on any atom is -0.298 e. The Morgan fingerprint density at radius 1 is 1.00 bits per heavy atom. The SMILES string of the molecule is CC(C)CN(CC(C)C)S(=O)(=O)c1ccc(C(=O)Nc2nc(-c3ccc(F)cc3)cs2)cc1. The number of benzene rings is 2. The predicted molar refractivity (Wildman–Crippen MR) is 130 cm³/mol. The number of halogens is 1. The molecule has 1 amide bonds. The number of carbonyl (C=O) groups is 1. The summed E-state index contributed by atoms with van der Waals surface area (Å²) in [4.78, 5) is 17.2. The van der Waals surface area contributed by atoms with Crippen LogP contribution in [0.2, 0.25) is 0 Å². The number of rotatable bonds is 9. The second-order valence-corrected chi connectivity index (χ2v) is 11.4. The Morgan fingerprint density at radius 3 is 2.12 bits per heavy atom. The molecule has 2 aromatic carbocycles. The molecule has 0 aliphatic carbocycles. The van der Waals surface area contributed by atoms with Crippen molar-refractivity contribution in [3.63, 3.8) is 0 Å². The quantitative estimate of drug-likeness (QED) is 0.430. The van der Waals surface area contributed by atoms with E-state index < -0.39 is 10.0 Å². The van der Waals surface area contributed by atoms with E-state index in [0.29, 0.717) is 29.5 Å². The fourth-order valence-electron chi connectivity index (χ4n) is 3.27. The summed E-state index contributed by atoms with van der Waals surface area (Å²) in [6.45, 7) is 8.80. The van der Waals surface area contributed by atoms with Gasteiger partial charge in [0.05, 0.1) is 10.6 Å². The first-order valence-corrected chi connectivity index (χ1v) is 13.0. The number of carbonyl (C=O) groups excluding carboxylic acids is 1. The highest BCUT2D eigenvalue weighted by Gasteiger charge is 2.26. The second kappa shape index (κ2) is 10.5. The molecule has 0 unspecified atom stereocenters. The lowest BCUT2D eigenvalue weighted by molar-refractivity contribution is 0.102. The highest BCUT2D eigenvalue weighted by molar-refractivity contribution is 7.89. The van der Waals surface area contributed by atoms with Crippen molar-refractivity contribution in [1.29, 1.82) is 0 Å². The standard InChI is InChI=1S/C24H28FN3O3S2/c1-16(2)13-28(14-17(3)4)33(30,31)21-11-7-19(8-12-21)23(29)27-24-26-22(15-32-24)18-5-9-20(25)10-6-18/h5-12,15-17H,13-14H2,1-4H3,(H,26,27,29). The molecule has 0 saturated heterocycles. The van der Waals surface area contributed by atoms with E-state index in [2.05, 4.69) is 10.3 Å². The smallest absolute Gasteiger partial charge is 0.257 e. The number of hydrogen-bond acceptors (Lipinski definition) is 5. The molecule has 33 heavy (non-hydrogen) atoms. The summed E-state index contributed by atoms with van der Waals surface area (Å²) < 4.78 is 40.9. The van der Waals surface area contributed by atoms with Gasteiger partial charge in [0.25, 0.3) is 5.91 Å². The minimum absolute atomic E-state index is 0.160. The number of anilines is 1. The molecule has 0 fully saturated rings. The van der Waals surface area contributed by atoms with Gasteiger partial charge in [-0.15, -0.1) is 11.3 Å². The Labute approximate surface area is 198 Å². The topological polar surface area (TPSA) is 79.4 Å². The van der Waals surface area contributed by atoms with Crippen molar-refractivity contribution in [2.45, 2.75) is 32.6 Å². The van der Waals surface area contributed by atoms with E-state index in [1.54, 1.807) is 17.5 Å². The first-order chi connectivity index (χ1) is 15.6. The molecule has 1 aromatic heterocycles. The summed E-state index contributed by atoms with van der Waals surface area (Å²) in [6, 6.07) is 11.9. The van der Waals surface area contributed by atoms with Crippen molar-refractivity contribution >= 4 is 32.4 Å². The van der Waals surface area contributed by atoms with Crippen molar-refractivity contribution in [1.82, 2.24) is 9.29 Å². The van der Waals surface area contributed by atoms with E-state index in [0.717, 1.165) is 5.56 Å². The molecular weight excluding hydrogens is 461 g/mol. The van der Waals surface area contributed by atoms with E-state index in [1.165, 1.54) is 52.0 Å². The fourth-order valence-corrected chi connectivity index (χ4v) is 5.75. The zero-order valence-corrected chi connectivity index (χ0v) is 20.7. The fraction of sp³-hybridized carbons (Fsp3) is 0.333. The lowest BCUT2D eigenvalue weighted by atomic mass is 10.2. The van der Waals surface area contributed by atoms with Crippen LogP contribution in [0.3, 0.4) is 0 Å². The summed E-state index contributed by atoms with van der Waals surface area (Å²) in [5.74, 6) is -0.326. The van der Waals surface area contributed by atoms with Crippen LogP contribution < -0.4 is 5.32 Å². The third-order valence-corrected chi connectivity index (χ3v) is 7.36. The van der Waals surface area contributed by atoms with Gasteiger partial charge >= 0.3 is 0 Å². The summed E-state index contributed by atoms with van der Waals surface area (Å²) in [7, 11) is -3.66. The molecule has 3 aromatic rings. The average molecular weight is 490 g/mol. The van der Waals surface area contributed by atoms with E-state index in [9.17, 15) is 17.6 Å². The molecule has 0 radical (unpaired) electrons. The lowest BCUT2D eigenvalue weighted by Gasteiger charge is -2.25. The van der Waals surface area contributed by atoms with Crippen LogP contribution in [0.25, 0.3) is 11.3 Å². The number of hydrogen-bond donors (Lipinski definition) is 1. The van der Waals surface area contributed by atoms with Gasteiger partial charge in [-0.05, 0) is 60.4 Å². The molecule has 1 N–H and O–H groups in total. The molecule has 0 aliphatic heterocycles. The largest absolute Gasteiger partial charge is 0.298 e. The van der Waals surface area contributed by atoms with Gasteiger partial charge < -0.3 is 0 Å². The van der Waals surface area contributed by atoms with Crippen molar-refractivity contribution in [2.24, 2.45) is 11.8 Å². The second-order valence-electron chi connectivity index (χ2n) is 8.63. The van der Waals surface area contributed by atoms with Crippen molar-refractivity contribution < 1.29 is 17.6 Å². The lowest BCUT2D eigenvalue weighted by Crippen LogP contribution is -2.37. The molecule has 0 aliphatic rings. The maximum Gasteiger partial charge on any atom is 0.257 e. The van der Waals surface area contributed by atoms with Crippen LogP contribution in [0.5, 0.6) is 0 Å². The van der Waals surface area contributed by atoms with Gasteiger partial charge in [0.1, 0.15) is 5.82 Å². The van der Waals surface area contributed by atoms with Crippen LogP contribution in [0.15, 0.2) is 58.8 Å². The Morgan fingerprint density at radius 2 is 1.58 bits per heavy atom. The van der Waals surface area contributed by atoms with Gasteiger partial charge in [0, 0.05) is 29.6 Å². The van der Waals surface area contributed by atoms with Crippen molar-refractivity contribution in [3.8, 4) is 11.3 Å². The molecule has 0 bridgehead atoms. The Balaban J connectivity index is 1.73. The zero-order valence-electron chi connectivity index (χ0n) is 19.1. The predicted octanol–water partition coefficient (Wildman–Crippen LogP) is 5.50. The number of thiazole rings is 1. The van der Waals surface area contributed by atoms with Gasteiger partial charge in [-0.25, -0.2) is 17.8 Å². The third kappa shape index (κ3) is 6.46. The average Bonchev–Trinajstić information content (AvgIpc) is 3.21. The van der Waals surface area contributed by atoms with Crippen molar-refractivity contribution in [3.05, 3.63) is 65.3 Å². The van der Waals surface area contributed by atoms with Gasteiger partial charge in [-0.3, -0.25) is 10.1 Å². The number of sulfonamides is 1. The highest BCUT2D eigenvalue weighted by Crippen LogP contribution is 2.26. The van der Waals surface area contributed by atoms with Crippen LogP contribution in [-0.4, -0.2) is 36.7 Å². The first kappa shape index (κ1) is 25.0. The van der Waals surface area contributed by atoms with Crippen LogP contribution in [-0.2, 0) is 10.0 Å². The van der Waals surface area contributed by atoms with Gasteiger partial charge in [0.2, 0.25) is 10.0 Å². The molecule has 176 valence electrons. The summed E-state index contributed by atoms with van der Waals surface area (Å²) >= 11 is 1.25. The van der Waals surface area contributed by atoms with Gasteiger partial charge in [-0.2, -0.15) is 4.31 Å². The summed E-state index contributed by atoms with van der Waals surface area (Å²) in [5.41, 5.74) is 1.70. The zero-order chi connectivity index (χ0) is 24.2. The van der Waals surface area contributed by atoms with E-state index >= 15 is 0 Å². The number of amides is 1. The summed E-state index contributed by atoms with van der Waals surface area (Å²) in [6.07, 6.45) is 0. The molecule has 0 atom stereocenters. The van der Waals surface area contributed by atoms with Crippen LogP contribution in [0.1, 0.15) is 38.1 Å². The Bertz CT molecular complexity index is 1180. The van der Waals surface area contributed by atoms with Crippen LogP contribution >= 0.6 is 11.3 Å². The number of aromatic nitrogens is 1. The number of nitrogens with one attached hydrogen (secondary N) is 1. The molecule has 9 heteroatoms. The van der Waals surface area contributed by atoms with Gasteiger partial charge in [-0.1, -0.05) is 27.7 Å². The minimum atomic E-state index is -3.66. The molecule has 1 heterocycles. The molecule has 3 rings (SSSR count). The molecule has 0 saturated carbocycles. The highest BCUT2D eigenvalue weighted by atomic mass is 32.2. The van der Waals surface area contributed by atoms with E-state index in [-0.39, 0.29) is 28.5 Å². The Hall–Kier alpha value is -2.62.